The maximum Gasteiger partial charge on any atom is 0.193 e. The standard InChI is InChI=1S/C25H33N7/c1-26-25(27-14-12-24-29-28-23-11-5-6-16-32(23)24)31-17-13-22-21(19-31)10-7-15-30(22)18-20-8-3-2-4-9-20/h2-6,8-9,11,16,21-22H,7,10,12-15,17-19H2,1H3,(H,26,27). The Hall–Kier alpha value is -2.93. The van der Waals surface area contributed by atoms with Gasteiger partial charge in [-0.3, -0.25) is 14.3 Å². The van der Waals surface area contributed by atoms with Crippen LogP contribution in [0.25, 0.3) is 5.65 Å². The van der Waals surface area contributed by atoms with Crippen molar-refractivity contribution >= 4 is 11.6 Å². The van der Waals surface area contributed by atoms with Gasteiger partial charge in [-0.25, -0.2) is 0 Å². The zero-order valence-electron chi connectivity index (χ0n) is 18.9. The fraction of sp³-hybridized carbons (Fsp3) is 0.480. The van der Waals surface area contributed by atoms with E-state index in [4.69, 9.17) is 0 Å². The molecule has 3 aromatic rings. The van der Waals surface area contributed by atoms with E-state index in [1.807, 2.05) is 31.4 Å². The van der Waals surface area contributed by atoms with Gasteiger partial charge >= 0.3 is 0 Å². The molecule has 4 heterocycles. The number of likely N-dealkylation sites (tertiary alicyclic amines) is 2. The van der Waals surface area contributed by atoms with Crippen molar-refractivity contribution in [1.82, 2.24) is 29.7 Å². The third-order valence-corrected chi connectivity index (χ3v) is 6.94. The molecule has 2 saturated heterocycles. The lowest BCUT2D eigenvalue weighted by molar-refractivity contribution is 0.0373. The van der Waals surface area contributed by atoms with Crippen LogP contribution in [0.4, 0.5) is 0 Å². The first kappa shape index (κ1) is 20.9. The number of nitrogens with one attached hydrogen (secondary N) is 1. The summed E-state index contributed by atoms with van der Waals surface area (Å²) in [5.41, 5.74) is 2.32. The average molecular weight is 432 g/mol. The number of hydrogen-bond acceptors (Lipinski definition) is 4. The minimum absolute atomic E-state index is 0.681. The second-order valence-electron chi connectivity index (χ2n) is 8.93. The molecule has 7 heteroatoms. The Morgan fingerprint density at radius 2 is 1.94 bits per heavy atom. The number of aliphatic imine (C=N–C) groups is 1. The molecule has 2 aliphatic rings. The van der Waals surface area contributed by atoms with Gasteiger partial charge in [0.25, 0.3) is 0 Å². The van der Waals surface area contributed by atoms with Crippen LogP contribution in [0.15, 0.2) is 59.7 Å². The lowest BCUT2D eigenvalue weighted by Crippen LogP contribution is -2.56. The molecule has 32 heavy (non-hydrogen) atoms. The summed E-state index contributed by atoms with van der Waals surface area (Å²) in [6.07, 6.45) is 6.64. The molecule has 0 radical (unpaired) electrons. The van der Waals surface area contributed by atoms with Crippen LogP contribution in [0.5, 0.6) is 0 Å². The predicted molar refractivity (Wildman–Crippen MR) is 128 cm³/mol. The summed E-state index contributed by atoms with van der Waals surface area (Å²) in [6, 6.07) is 17.6. The zero-order chi connectivity index (χ0) is 21.8. The molecular formula is C25H33N7. The molecule has 0 aliphatic carbocycles. The number of pyridine rings is 1. The van der Waals surface area contributed by atoms with Gasteiger partial charge in [-0.2, -0.15) is 0 Å². The second kappa shape index (κ2) is 9.69. The first-order valence-electron chi connectivity index (χ1n) is 11.8. The molecule has 0 bridgehead atoms. The van der Waals surface area contributed by atoms with Crippen LogP contribution in [-0.2, 0) is 13.0 Å². The van der Waals surface area contributed by atoms with Crippen molar-refractivity contribution in [1.29, 1.82) is 0 Å². The summed E-state index contributed by atoms with van der Waals surface area (Å²) in [5, 5.41) is 12.2. The Balaban J connectivity index is 1.16. The first-order chi connectivity index (χ1) is 15.8. The van der Waals surface area contributed by atoms with Crippen LogP contribution >= 0.6 is 0 Å². The summed E-state index contributed by atoms with van der Waals surface area (Å²) < 4.78 is 2.05. The summed E-state index contributed by atoms with van der Waals surface area (Å²) in [4.78, 5) is 9.76. The van der Waals surface area contributed by atoms with Crippen molar-refractivity contribution in [2.24, 2.45) is 10.9 Å². The third kappa shape index (κ3) is 4.48. The molecular weight excluding hydrogens is 398 g/mol. The number of guanidine groups is 1. The van der Waals surface area contributed by atoms with Crippen molar-refractivity contribution in [3.8, 4) is 0 Å². The van der Waals surface area contributed by atoms with E-state index >= 15 is 0 Å². The fourth-order valence-electron chi connectivity index (χ4n) is 5.39. The van der Waals surface area contributed by atoms with Crippen molar-refractivity contribution in [3.63, 3.8) is 0 Å². The number of rotatable bonds is 5. The van der Waals surface area contributed by atoms with Gasteiger partial charge in [0.05, 0.1) is 0 Å². The Bertz CT molecular complexity index is 1040. The van der Waals surface area contributed by atoms with Crippen LogP contribution in [0.1, 0.15) is 30.7 Å². The highest BCUT2D eigenvalue weighted by Gasteiger charge is 2.36. The van der Waals surface area contributed by atoms with Gasteiger partial charge < -0.3 is 10.2 Å². The van der Waals surface area contributed by atoms with Crippen molar-refractivity contribution < 1.29 is 0 Å². The van der Waals surface area contributed by atoms with E-state index in [1.165, 1.54) is 31.4 Å². The maximum atomic E-state index is 4.59. The van der Waals surface area contributed by atoms with Crippen molar-refractivity contribution in [2.75, 3.05) is 33.2 Å². The van der Waals surface area contributed by atoms with Crippen LogP contribution in [0, 0.1) is 5.92 Å². The molecule has 2 aromatic heterocycles. The molecule has 1 N–H and O–H groups in total. The van der Waals surface area contributed by atoms with E-state index < -0.39 is 0 Å². The van der Waals surface area contributed by atoms with Gasteiger partial charge in [-0.15, -0.1) is 10.2 Å². The van der Waals surface area contributed by atoms with Gasteiger partial charge in [-0.05, 0) is 49.4 Å². The van der Waals surface area contributed by atoms with E-state index in [9.17, 15) is 0 Å². The van der Waals surface area contributed by atoms with Gasteiger partial charge in [-0.1, -0.05) is 36.4 Å². The van der Waals surface area contributed by atoms with Gasteiger partial charge in [0, 0.05) is 51.9 Å². The summed E-state index contributed by atoms with van der Waals surface area (Å²) in [5.74, 6) is 2.70. The Labute approximate surface area is 190 Å². The van der Waals surface area contributed by atoms with Crippen molar-refractivity contribution in [3.05, 3.63) is 66.1 Å². The molecule has 168 valence electrons. The highest BCUT2D eigenvalue weighted by molar-refractivity contribution is 5.80. The lowest BCUT2D eigenvalue weighted by atomic mass is 9.83. The number of piperidine rings is 2. The van der Waals surface area contributed by atoms with Crippen LogP contribution in [0.2, 0.25) is 0 Å². The zero-order valence-corrected chi connectivity index (χ0v) is 18.9. The molecule has 0 saturated carbocycles. The average Bonchev–Trinajstić information content (AvgIpc) is 3.25. The summed E-state index contributed by atoms with van der Waals surface area (Å²) in [7, 11) is 1.89. The normalized spacial score (nSPS) is 22.2. The monoisotopic (exact) mass is 431 g/mol. The second-order valence-corrected chi connectivity index (χ2v) is 8.93. The van der Waals surface area contributed by atoms with E-state index in [1.54, 1.807) is 0 Å². The lowest BCUT2D eigenvalue weighted by Gasteiger charge is -2.48. The topological polar surface area (TPSA) is 61.1 Å². The van der Waals surface area contributed by atoms with E-state index in [0.29, 0.717) is 12.0 Å². The highest BCUT2D eigenvalue weighted by Crippen LogP contribution is 2.31. The minimum Gasteiger partial charge on any atom is -0.356 e. The van der Waals surface area contributed by atoms with E-state index in [-0.39, 0.29) is 0 Å². The molecule has 2 fully saturated rings. The Morgan fingerprint density at radius 1 is 1.06 bits per heavy atom. The molecule has 0 amide bonds. The molecule has 2 unspecified atom stereocenters. The SMILES string of the molecule is CN=C(NCCc1nnc2ccccn12)N1CCC2C(CCCN2Cc2ccccc2)C1. The molecule has 7 nitrogen and oxygen atoms in total. The fourth-order valence-corrected chi connectivity index (χ4v) is 5.39. The summed E-state index contributed by atoms with van der Waals surface area (Å²) in [6.45, 7) is 5.23. The Morgan fingerprint density at radius 3 is 2.81 bits per heavy atom. The highest BCUT2D eigenvalue weighted by atomic mass is 15.3. The minimum atomic E-state index is 0.681. The third-order valence-electron chi connectivity index (χ3n) is 6.94. The largest absolute Gasteiger partial charge is 0.356 e. The number of hydrogen-bond donors (Lipinski definition) is 1. The van der Waals surface area contributed by atoms with Gasteiger partial charge in [0.2, 0.25) is 0 Å². The molecule has 2 atom stereocenters. The Kier molecular flexibility index (Phi) is 6.34. The first-order valence-corrected chi connectivity index (χ1v) is 11.8. The van der Waals surface area contributed by atoms with Gasteiger partial charge in [0.1, 0.15) is 5.82 Å². The number of fused-ring (bicyclic) bond motifs is 2. The molecule has 0 spiro atoms. The quantitative estimate of drug-likeness (QED) is 0.497. The smallest absolute Gasteiger partial charge is 0.193 e. The maximum absolute atomic E-state index is 4.59. The predicted octanol–water partition coefficient (Wildman–Crippen LogP) is 2.83. The van der Waals surface area contributed by atoms with E-state index in [0.717, 1.165) is 50.0 Å². The van der Waals surface area contributed by atoms with Gasteiger partial charge in [0.15, 0.2) is 11.6 Å². The van der Waals surface area contributed by atoms with Crippen LogP contribution in [-0.4, -0.2) is 69.6 Å². The molecule has 1 aromatic carbocycles. The number of benzene rings is 1. The van der Waals surface area contributed by atoms with Crippen LogP contribution < -0.4 is 5.32 Å². The number of aromatic nitrogens is 3. The molecule has 5 rings (SSSR count). The van der Waals surface area contributed by atoms with Crippen molar-refractivity contribution in [2.45, 2.75) is 38.3 Å². The van der Waals surface area contributed by atoms with E-state index in [2.05, 4.69) is 65.0 Å². The summed E-state index contributed by atoms with van der Waals surface area (Å²) >= 11 is 0. The molecule has 2 aliphatic heterocycles. The number of nitrogens with zero attached hydrogens (tertiary/aromatic N) is 6. The van der Waals surface area contributed by atoms with Crippen LogP contribution in [0.3, 0.4) is 0 Å².